The Morgan fingerprint density at radius 2 is 1.88 bits per heavy atom. The minimum atomic E-state index is -1.20. The molecule has 126 valence electrons. The summed E-state index contributed by atoms with van der Waals surface area (Å²) in [6.07, 6.45) is 1.21. The maximum absolute atomic E-state index is 12.0. The van der Waals surface area contributed by atoms with Crippen LogP contribution in [0.4, 0.5) is 4.79 Å². The fraction of sp³-hybridized carbons (Fsp3) is 0.143. The van der Waals surface area contributed by atoms with Crippen LogP contribution in [-0.4, -0.2) is 47.5 Å². The molecule has 0 radical (unpaired) electrons. The van der Waals surface area contributed by atoms with Gasteiger partial charge in [0.15, 0.2) is 12.4 Å². The monoisotopic (exact) mass is 372 g/mol. The average molecular weight is 373 g/mol. The normalized spacial score (nSPS) is 16.4. The molecule has 0 bridgehead atoms. The molecule has 0 atom stereocenters. The van der Waals surface area contributed by atoms with Gasteiger partial charge in [0.2, 0.25) is 0 Å². The number of amides is 4. The molecule has 8 nitrogen and oxygen atoms in total. The van der Waals surface area contributed by atoms with Crippen LogP contribution in [-0.2, 0) is 14.4 Å². The number of carbonyl (C=O) groups excluding carboxylic acids is 3. The molecule has 2 N–H and O–H groups in total. The van der Waals surface area contributed by atoms with Crippen LogP contribution in [0, 0.1) is 0 Å². The van der Waals surface area contributed by atoms with E-state index in [1.165, 1.54) is 25.3 Å². The van der Waals surface area contributed by atoms with Gasteiger partial charge >= 0.3 is 12.0 Å². The van der Waals surface area contributed by atoms with Gasteiger partial charge in [0, 0.05) is 7.05 Å². The van der Waals surface area contributed by atoms with Crippen molar-refractivity contribution in [2.45, 2.75) is 0 Å². The molecule has 0 unspecified atom stereocenters. The van der Waals surface area contributed by atoms with E-state index in [9.17, 15) is 19.2 Å². The zero-order chi connectivity index (χ0) is 18.0. The summed E-state index contributed by atoms with van der Waals surface area (Å²) in [7, 11) is 1.22. The Balaban J connectivity index is 2.36. The first kappa shape index (κ1) is 17.8. The Kier molecular flexibility index (Phi) is 5.10. The van der Waals surface area contributed by atoms with Gasteiger partial charge in [-0.25, -0.2) is 9.59 Å². The van der Waals surface area contributed by atoms with Crippen molar-refractivity contribution >= 4 is 53.1 Å². The molecule has 1 aromatic rings. The molecule has 1 fully saturated rings. The van der Waals surface area contributed by atoms with Gasteiger partial charge in [-0.2, -0.15) is 0 Å². The van der Waals surface area contributed by atoms with Crippen molar-refractivity contribution in [3.8, 4) is 5.75 Å². The molecule has 0 aromatic heterocycles. The highest BCUT2D eigenvalue weighted by Gasteiger charge is 2.33. The molecule has 10 heteroatoms. The number of nitrogens with zero attached hydrogens (tertiary/aromatic N) is 1. The zero-order valence-electron chi connectivity index (χ0n) is 12.1. The standard InChI is InChI=1S/C14H10Cl2N2O6/c1-18-13(22)7(12(21)17-14(18)23)2-6-3-8(15)11(9(16)4-6)24-5-10(19)20/h2-4H,5H2,1H3,(H,19,20)(H,17,21,23)/b7-2-. The molecule has 24 heavy (non-hydrogen) atoms. The van der Waals surface area contributed by atoms with Crippen molar-refractivity contribution in [2.75, 3.05) is 13.7 Å². The van der Waals surface area contributed by atoms with E-state index in [1.807, 2.05) is 5.32 Å². The fourth-order valence-corrected chi connectivity index (χ4v) is 2.46. The minimum Gasteiger partial charge on any atom is -0.479 e. The Bertz CT molecular complexity index is 766. The van der Waals surface area contributed by atoms with E-state index < -0.39 is 30.4 Å². The summed E-state index contributed by atoms with van der Waals surface area (Å²) in [5.74, 6) is -2.86. The van der Waals surface area contributed by atoms with Gasteiger partial charge in [-0.05, 0) is 23.8 Å². The summed E-state index contributed by atoms with van der Waals surface area (Å²) >= 11 is 12.0. The number of carboxylic acid groups (broad SMARTS) is 1. The number of nitrogens with one attached hydrogen (secondary N) is 1. The van der Waals surface area contributed by atoms with E-state index in [0.29, 0.717) is 5.56 Å². The number of urea groups is 1. The number of hydrogen-bond acceptors (Lipinski definition) is 5. The van der Waals surface area contributed by atoms with E-state index in [1.54, 1.807) is 0 Å². The maximum atomic E-state index is 12.0. The Morgan fingerprint density at radius 1 is 1.29 bits per heavy atom. The molecule has 0 spiro atoms. The van der Waals surface area contributed by atoms with E-state index in [4.69, 9.17) is 33.0 Å². The van der Waals surface area contributed by atoms with Crippen molar-refractivity contribution in [3.05, 3.63) is 33.3 Å². The van der Waals surface area contributed by atoms with E-state index in [2.05, 4.69) is 0 Å². The molecule has 1 saturated heterocycles. The molecular weight excluding hydrogens is 363 g/mol. The van der Waals surface area contributed by atoms with Crippen LogP contribution >= 0.6 is 23.2 Å². The molecule has 0 aliphatic carbocycles. The molecule has 1 aliphatic heterocycles. The van der Waals surface area contributed by atoms with Gasteiger partial charge in [0.05, 0.1) is 10.0 Å². The molecule has 2 rings (SSSR count). The highest BCUT2D eigenvalue weighted by molar-refractivity contribution is 6.37. The average Bonchev–Trinajstić information content (AvgIpc) is 2.48. The molecule has 1 aromatic carbocycles. The number of carboxylic acids is 1. The molecule has 1 heterocycles. The molecule has 0 saturated carbocycles. The summed E-state index contributed by atoms with van der Waals surface area (Å²) in [5, 5.41) is 10.6. The van der Waals surface area contributed by atoms with Gasteiger partial charge in [0.25, 0.3) is 11.8 Å². The Labute approximate surface area is 145 Å². The van der Waals surface area contributed by atoms with Crippen LogP contribution in [0.15, 0.2) is 17.7 Å². The number of barbiturate groups is 1. The predicted molar refractivity (Wildman–Crippen MR) is 83.9 cm³/mol. The minimum absolute atomic E-state index is 0.00342. The van der Waals surface area contributed by atoms with Crippen LogP contribution in [0.1, 0.15) is 5.56 Å². The van der Waals surface area contributed by atoms with Crippen molar-refractivity contribution in [2.24, 2.45) is 0 Å². The second kappa shape index (κ2) is 6.90. The van der Waals surface area contributed by atoms with Crippen LogP contribution in [0.3, 0.4) is 0 Å². The van der Waals surface area contributed by atoms with Gasteiger partial charge in [-0.15, -0.1) is 0 Å². The summed E-state index contributed by atoms with van der Waals surface area (Å²) in [6, 6.07) is 1.86. The molecule has 1 aliphatic rings. The van der Waals surface area contributed by atoms with Gasteiger partial charge in [0.1, 0.15) is 5.57 Å². The Morgan fingerprint density at radius 3 is 2.42 bits per heavy atom. The van der Waals surface area contributed by atoms with Crippen molar-refractivity contribution in [1.82, 2.24) is 10.2 Å². The number of likely N-dealkylation sites (N-methyl/N-ethyl adjacent to an activating group) is 1. The lowest BCUT2D eigenvalue weighted by Crippen LogP contribution is -2.52. The van der Waals surface area contributed by atoms with E-state index >= 15 is 0 Å². The summed E-state index contributed by atoms with van der Waals surface area (Å²) in [4.78, 5) is 46.4. The smallest absolute Gasteiger partial charge is 0.341 e. The number of carbonyl (C=O) groups is 4. The quantitative estimate of drug-likeness (QED) is 0.612. The van der Waals surface area contributed by atoms with Crippen molar-refractivity contribution in [1.29, 1.82) is 0 Å². The topological polar surface area (TPSA) is 113 Å². The summed E-state index contributed by atoms with van der Waals surface area (Å²) < 4.78 is 4.96. The van der Waals surface area contributed by atoms with Crippen LogP contribution in [0.5, 0.6) is 5.75 Å². The number of rotatable bonds is 4. The maximum Gasteiger partial charge on any atom is 0.341 e. The van der Waals surface area contributed by atoms with E-state index in [-0.39, 0.29) is 21.4 Å². The molecular formula is C14H10Cl2N2O6. The zero-order valence-corrected chi connectivity index (χ0v) is 13.6. The first-order valence-electron chi connectivity index (χ1n) is 6.39. The Hall–Kier alpha value is -2.58. The number of hydrogen-bond donors (Lipinski definition) is 2. The lowest BCUT2D eigenvalue weighted by atomic mass is 10.1. The fourth-order valence-electron chi connectivity index (χ4n) is 1.85. The van der Waals surface area contributed by atoms with Crippen LogP contribution in [0.25, 0.3) is 6.08 Å². The van der Waals surface area contributed by atoms with Gasteiger partial charge < -0.3 is 9.84 Å². The third kappa shape index (κ3) is 3.66. The summed E-state index contributed by atoms with van der Waals surface area (Å²) in [6.45, 7) is -0.631. The highest BCUT2D eigenvalue weighted by atomic mass is 35.5. The highest BCUT2D eigenvalue weighted by Crippen LogP contribution is 2.35. The first-order valence-corrected chi connectivity index (χ1v) is 7.15. The lowest BCUT2D eigenvalue weighted by Gasteiger charge is -2.22. The lowest BCUT2D eigenvalue weighted by molar-refractivity contribution is -0.139. The third-order valence-corrected chi connectivity index (χ3v) is 3.54. The SMILES string of the molecule is CN1C(=O)NC(=O)/C(=C/c2cc(Cl)c(OCC(=O)O)c(Cl)c2)C1=O. The number of benzene rings is 1. The largest absolute Gasteiger partial charge is 0.479 e. The number of ether oxygens (including phenoxy) is 1. The third-order valence-electron chi connectivity index (χ3n) is 2.98. The summed E-state index contributed by atoms with van der Waals surface area (Å²) in [5.41, 5.74) is 0.0253. The van der Waals surface area contributed by atoms with Gasteiger partial charge in [-0.3, -0.25) is 19.8 Å². The number of halogens is 2. The second-order valence-electron chi connectivity index (χ2n) is 4.68. The predicted octanol–water partition coefficient (Wildman–Crippen LogP) is 1.55. The van der Waals surface area contributed by atoms with E-state index in [0.717, 1.165) is 4.90 Å². The van der Waals surface area contributed by atoms with Gasteiger partial charge in [-0.1, -0.05) is 23.2 Å². The van der Waals surface area contributed by atoms with Crippen LogP contribution < -0.4 is 10.1 Å². The first-order chi connectivity index (χ1) is 11.2. The number of aliphatic carboxylic acids is 1. The number of imide groups is 2. The van der Waals surface area contributed by atoms with Crippen molar-refractivity contribution in [3.63, 3.8) is 0 Å². The second-order valence-corrected chi connectivity index (χ2v) is 5.49. The van der Waals surface area contributed by atoms with Crippen LogP contribution in [0.2, 0.25) is 10.0 Å². The van der Waals surface area contributed by atoms with Crippen molar-refractivity contribution < 1.29 is 29.0 Å². The molecule has 4 amide bonds.